The van der Waals surface area contributed by atoms with Gasteiger partial charge in [-0.1, -0.05) is 38.8 Å². The van der Waals surface area contributed by atoms with Crippen LogP contribution >= 0.6 is 0 Å². The van der Waals surface area contributed by atoms with Gasteiger partial charge in [-0.05, 0) is 31.8 Å². The lowest BCUT2D eigenvalue weighted by Gasteiger charge is -2.15. The zero-order valence-corrected chi connectivity index (χ0v) is 9.79. The summed E-state index contributed by atoms with van der Waals surface area (Å²) in [6.45, 7) is 10.2. The Morgan fingerprint density at radius 3 is 2.29 bits per heavy atom. The summed E-state index contributed by atoms with van der Waals surface area (Å²) in [5.41, 5.74) is 1.44. The number of hydrogen-bond acceptors (Lipinski definition) is 1. The number of nitrogens with zero attached hydrogens (tertiary/aromatic N) is 1. The van der Waals surface area contributed by atoms with Crippen LogP contribution in [0.1, 0.15) is 46.5 Å². The van der Waals surface area contributed by atoms with Gasteiger partial charge in [0.25, 0.3) is 0 Å². The van der Waals surface area contributed by atoms with Crippen molar-refractivity contribution in [3.8, 4) is 0 Å². The Hall–Kier alpha value is -0.850. The number of aliphatic imine (C=N–C) groups is 1. The van der Waals surface area contributed by atoms with E-state index in [-0.39, 0.29) is 0 Å². The molecule has 0 amide bonds. The Morgan fingerprint density at radius 2 is 1.86 bits per heavy atom. The SMILES string of the molecule is C=C/N=C\C=C(/C)C(CCC)CCC. The van der Waals surface area contributed by atoms with E-state index in [1.54, 1.807) is 6.20 Å². The van der Waals surface area contributed by atoms with Gasteiger partial charge in [0.15, 0.2) is 0 Å². The maximum atomic E-state index is 3.98. The molecule has 0 saturated heterocycles. The molecule has 0 aromatic heterocycles. The summed E-state index contributed by atoms with van der Waals surface area (Å²) in [5, 5.41) is 0. The summed E-state index contributed by atoms with van der Waals surface area (Å²) in [7, 11) is 0. The molecule has 0 fully saturated rings. The van der Waals surface area contributed by atoms with E-state index in [9.17, 15) is 0 Å². The fourth-order valence-electron chi connectivity index (χ4n) is 1.65. The van der Waals surface area contributed by atoms with E-state index in [0.717, 1.165) is 5.92 Å². The van der Waals surface area contributed by atoms with Crippen molar-refractivity contribution in [3.63, 3.8) is 0 Å². The summed E-state index contributed by atoms with van der Waals surface area (Å²) in [5.74, 6) is 0.737. The normalized spacial score (nSPS) is 12.7. The number of hydrogen-bond donors (Lipinski definition) is 0. The molecule has 1 nitrogen and oxygen atoms in total. The monoisotopic (exact) mass is 193 g/mol. The Balaban J connectivity index is 4.24. The fourth-order valence-corrected chi connectivity index (χ4v) is 1.65. The van der Waals surface area contributed by atoms with E-state index < -0.39 is 0 Å². The summed E-state index contributed by atoms with van der Waals surface area (Å²) < 4.78 is 0. The molecule has 0 saturated carbocycles. The van der Waals surface area contributed by atoms with Gasteiger partial charge in [-0.3, -0.25) is 4.99 Å². The van der Waals surface area contributed by atoms with Crippen LogP contribution in [0.2, 0.25) is 0 Å². The molecule has 0 radical (unpaired) electrons. The van der Waals surface area contributed by atoms with Crippen LogP contribution in [0.3, 0.4) is 0 Å². The standard InChI is InChI=1S/C13H23N/c1-5-8-13(9-6-2)12(4)10-11-14-7-3/h7,10-11,13H,3,5-6,8-9H2,1-2,4H3/b12-10+,14-11-. The van der Waals surface area contributed by atoms with Gasteiger partial charge in [0, 0.05) is 12.4 Å². The Kier molecular flexibility index (Phi) is 8.20. The lowest BCUT2D eigenvalue weighted by atomic mass is 9.91. The average molecular weight is 193 g/mol. The van der Waals surface area contributed by atoms with E-state index in [1.807, 2.05) is 6.21 Å². The summed E-state index contributed by atoms with van der Waals surface area (Å²) in [4.78, 5) is 3.98. The Bertz CT molecular complexity index is 195. The minimum absolute atomic E-state index is 0.737. The van der Waals surface area contributed by atoms with Gasteiger partial charge in [-0.2, -0.15) is 0 Å². The third-order valence-corrected chi connectivity index (χ3v) is 2.45. The van der Waals surface area contributed by atoms with Crippen molar-refractivity contribution in [1.29, 1.82) is 0 Å². The van der Waals surface area contributed by atoms with E-state index in [2.05, 4.69) is 38.4 Å². The molecule has 0 heterocycles. The molecule has 0 bridgehead atoms. The van der Waals surface area contributed by atoms with E-state index in [0.29, 0.717) is 0 Å². The van der Waals surface area contributed by atoms with Crippen molar-refractivity contribution in [1.82, 2.24) is 0 Å². The van der Waals surface area contributed by atoms with Crippen LogP contribution in [0.5, 0.6) is 0 Å². The first kappa shape index (κ1) is 13.2. The Labute approximate surface area is 88.6 Å². The highest BCUT2D eigenvalue weighted by molar-refractivity contribution is 5.72. The van der Waals surface area contributed by atoms with E-state index in [4.69, 9.17) is 0 Å². The molecule has 14 heavy (non-hydrogen) atoms. The van der Waals surface area contributed by atoms with Crippen molar-refractivity contribution in [2.45, 2.75) is 46.5 Å². The van der Waals surface area contributed by atoms with Crippen LogP contribution < -0.4 is 0 Å². The van der Waals surface area contributed by atoms with Crippen molar-refractivity contribution < 1.29 is 0 Å². The molecule has 0 aromatic carbocycles. The van der Waals surface area contributed by atoms with Gasteiger partial charge in [0.05, 0.1) is 0 Å². The van der Waals surface area contributed by atoms with Crippen LogP contribution in [0.4, 0.5) is 0 Å². The summed E-state index contributed by atoms with van der Waals surface area (Å²) in [6.07, 6.45) is 10.6. The van der Waals surface area contributed by atoms with Crippen molar-refractivity contribution in [2.75, 3.05) is 0 Å². The van der Waals surface area contributed by atoms with Crippen LogP contribution in [-0.2, 0) is 0 Å². The Morgan fingerprint density at radius 1 is 1.29 bits per heavy atom. The predicted molar refractivity (Wildman–Crippen MR) is 65.8 cm³/mol. The molecule has 0 unspecified atom stereocenters. The largest absolute Gasteiger partial charge is 0.265 e. The van der Waals surface area contributed by atoms with Crippen molar-refractivity contribution in [2.24, 2.45) is 10.9 Å². The topological polar surface area (TPSA) is 12.4 Å². The maximum Gasteiger partial charge on any atom is 0.0267 e. The quantitative estimate of drug-likeness (QED) is 0.533. The van der Waals surface area contributed by atoms with E-state index >= 15 is 0 Å². The molecule has 80 valence electrons. The fraction of sp³-hybridized carbons (Fsp3) is 0.615. The molecular weight excluding hydrogens is 170 g/mol. The molecule has 1 heteroatoms. The van der Waals surface area contributed by atoms with Gasteiger partial charge >= 0.3 is 0 Å². The molecule has 0 aliphatic rings. The van der Waals surface area contributed by atoms with Gasteiger partial charge < -0.3 is 0 Å². The third kappa shape index (κ3) is 5.74. The highest BCUT2D eigenvalue weighted by Gasteiger charge is 2.07. The molecule has 0 N–H and O–H groups in total. The summed E-state index contributed by atoms with van der Waals surface area (Å²) >= 11 is 0. The first-order valence-electron chi connectivity index (χ1n) is 5.57. The van der Waals surface area contributed by atoms with Gasteiger partial charge in [-0.25, -0.2) is 0 Å². The molecule has 0 aromatic rings. The third-order valence-electron chi connectivity index (χ3n) is 2.45. The van der Waals surface area contributed by atoms with Crippen molar-refractivity contribution >= 4 is 6.21 Å². The molecule has 0 spiro atoms. The van der Waals surface area contributed by atoms with Crippen LogP contribution in [0.25, 0.3) is 0 Å². The van der Waals surface area contributed by atoms with Crippen LogP contribution in [0.15, 0.2) is 29.4 Å². The second kappa shape index (κ2) is 8.74. The zero-order valence-electron chi connectivity index (χ0n) is 9.79. The first-order valence-corrected chi connectivity index (χ1v) is 5.57. The minimum atomic E-state index is 0.737. The lowest BCUT2D eigenvalue weighted by molar-refractivity contribution is 0.504. The van der Waals surface area contributed by atoms with Gasteiger partial charge in [0.1, 0.15) is 0 Å². The second-order valence-corrected chi connectivity index (χ2v) is 3.67. The minimum Gasteiger partial charge on any atom is -0.265 e. The van der Waals surface area contributed by atoms with E-state index in [1.165, 1.54) is 31.3 Å². The van der Waals surface area contributed by atoms with Crippen LogP contribution in [0, 0.1) is 5.92 Å². The molecule has 0 aliphatic heterocycles. The molecular formula is C13H23N. The average Bonchev–Trinajstić information content (AvgIpc) is 2.18. The first-order chi connectivity index (χ1) is 6.76. The molecule has 0 aliphatic carbocycles. The second-order valence-electron chi connectivity index (χ2n) is 3.67. The van der Waals surface area contributed by atoms with Crippen LogP contribution in [-0.4, -0.2) is 6.21 Å². The van der Waals surface area contributed by atoms with Crippen molar-refractivity contribution in [3.05, 3.63) is 24.4 Å². The zero-order chi connectivity index (χ0) is 10.8. The highest BCUT2D eigenvalue weighted by Crippen LogP contribution is 2.21. The van der Waals surface area contributed by atoms with Gasteiger partial charge in [-0.15, -0.1) is 0 Å². The molecule has 0 atom stereocenters. The lowest BCUT2D eigenvalue weighted by Crippen LogP contribution is -2.01. The number of allylic oxidation sites excluding steroid dienone is 2. The number of rotatable bonds is 7. The maximum absolute atomic E-state index is 3.98. The highest BCUT2D eigenvalue weighted by atomic mass is 14.6. The smallest absolute Gasteiger partial charge is 0.0267 e. The molecule has 0 rings (SSSR count). The van der Waals surface area contributed by atoms with Gasteiger partial charge in [0.2, 0.25) is 0 Å². The summed E-state index contributed by atoms with van der Waals surface area (Å²) in [6, 6.07) is 0. The predicted octanol–water partition coefficient (Wildman–Crippen LogP) is 4.36.